The molecular weight excluding hydrogens is 263 g/mol. The summed E-state index contributed by atoms with van der Waals surface area (Å²) >= 11 is 0. The Morgan fingerprint density at radius 3 is 2.90 bits per heavy atom. The SMILES string of the molecule is CN(CCOc1ccccc1F)C(=O)c1cc(N)n[nH]1. The molecule has 1 amide bonds. The van der Waals surface area contributed by atoms with Crippen LogP contribution in [0.15, 0.2) is 30.3 Å². The molecule has 7 heteroatoms. The Morgan fingerprint density at radius 1 is 1.50 bits per heavy atom. The van der Waals surface area contributed by atoms with E-state index in [2.05, 4.69) is 10.2 Å². The number of benzene rings is 1. The van der Waals surface area contributed by atoms with Gasteiger partial charge in [-0.05, 0) is 12.1 Å². The number of H-pyrrole nitrogens is 1. The van der Waals surface area contributed by atoms with Gasteiger partial charge in [0.1, 0.15) is 18.1 Å². The molecule has 0 saturated heterocycles. The van der Waals surface area contributed by atoms with Gasteiger partial charge in [0.05, 0.1) is 6.54 Å². The van der Waals surface area contributed by atoms with Crippen LogP contribution >= 0.6 is 0 Å². The van der Waals surface area contributed by atoms with E-state index < -0.39 is 5.82 Å². The maximum Gasteiger partial charge on any atom is 0.271 e. The van der Waals surface area contributed by atoms with Crippen LogP contribution in [0, 0.1) is 5.82 Å². The Hall–Kier alpha value is -2.57. The van der Waals surface area contributed by atoms with Gasteiger partial charge in [0.2, 0.25) is 0 Å². The number of anilines is 1. The molecule has 0 unspecified atom stereocenters. The highest BCUT2D eigenvalue weighted by Gasteiger charge is 2.14. The number of likely N-dealkylation sites (N-methyl/N-ethyl adjacent to an activating group) is 1. The maximum atomic E-state index is 13.3. The number of aromatic amines is 1. The van der Waals surface area contributed by atoms with Crippen molar-refractivity contribution in [3.05, 3.63) is 41.8 Å². The Bertz CT molecular complexity index is 600. The number of aromatic nitrogens is 2. The number of nitrogen functional groups attached to an aromatic ring is 1. The van der Waals surface area contributed by atoms with Crippen LogP contribution in [-0.4, -0.2) is 41.2 Å². The second-order valence-electron chi connectivity index (χ2n) is 4.21. The Morgan fingerprint density at radius 2 is 2.25 bits per heavy atom. The Kier molecular flexibility index (Phi) is 4.19. The summed E-state index contributed by atoms with van der Waals surface area (Å²) in [5.74, 6) is -0.266. The molecule has 1 aromatic carbocycles. The number of carbonyl (C=O) groups is 1. The van der Waals surface area contributed by atoms with Crippen molar-refractivity contribution in [1.82, 2.24) is 15.1 Å². The molecule has 0 aliphatic rings. The van der Waals surface area contributed by atoms with Crippen molar-refractivity contribution in [2.24, 2.45) is 0 Å². The van der Waals surface area contributed by atoms with Gasteiger partial charge in [0, 0.05) is 13.1 Å². The summed E-state index contributed by atoms with van der Waals surface area (Å²) in [6.45, 7) is 0.499. The summed E-state index contributed by atoms with van der Waals surface area (Å²) in [6, 6.07) is 7.57. The molecular formula is C13H15FN4O2. The smallest absolute Gasteiger partial charge is 0.271 e. The highest BCUT2D eigenvalue weighted by Crippen LogP contribution is 2.15. The number of para-hydroxylation sites is 1. The lowest BCUT2D eigenvalue weighted by molar-refractivity contribution is 0.0767. The average Bonchev–Trinajstić information content (AvgIpc) is 2.86. The van der Waals surface area contributed by atoms with E-state index in [4.69, 9.17) is 10.5 Å². The number of hydrogen-bond donors (Lipinski definition) is 2. The zero-order valence-corrected chi connectivity index (χ0v) is 11.0. The maximum absolute atomic E-state index is 13.3. The highest BCUT2D eigenvalue weighted by molar-refractivity contribution is 5.92. The third-order valence-electron chi connectivity index (χ3n) is 2.70. The number of ether oxygens (including phenoxy) is 1. The molecule has 1 aromatic heterocycles. The van der Waals surface area contributed by atoms with E-state index in [0.29, 0.717) is 12.2 Å². The second kappa shape index (κ2) is 6.05. The summed E-state index contributed by atoms with van der Waals surface area (Å²) in [7, 11) is 1.62. The number of nitrogens with two attached hydrogens (primary N) is 1. The summed E-state index contributed by atoms with van der Waals surface area (Å²) in [5, 5.41) is 6.22. The van der Waals surface area contributed by atoms with Crippen molar-refractivity contribution >= 4 is 11.7 Å². The van der Waals surface area contributed by atoms with Crippen LogP contribution < -0.4 is 10.5 Å². The second-order valence-corrected chi connectivity index (χ2v) is 4.21. The number of hydrogen-bond acceptors (Lipinski definition) is 4. The standard InChI is InChI=1S/C13H15FN4O2/c1-18(13(19)10-8-12(15)17-16-10)6-7-20-11-5-3-2-4-9(11)14/h2-5,8H,6-7H2,1H3,(H3,15,16,17). The molecule has 0 bridgehead atoms. The van der Waals surface area contributed by atoms with Crippen molar-refractivity contribution in [3.8, 4) is 5.75 Å². The molecule has 0 aliphatic carbocycles. The van der Waals surface area contributed by atoms with Gasteiger partial charge >= 0.3 is 0 Å². The fourth-order valence-electron chi connectivity index (χ4n) is 1.61. The lowest BCUT2D eigenvalue weighted by Crippen LogP contribution is -2.31. The fourth-order valence-corrected chi connectivity index (χ4v) is 1.61. The first-order valence-corrected chi connectivity index (χ1v) is 6.01. The highest BCUT2D eigenvalue weighted by atomic mass is 19.1. The molecule has 20 heavy (non-hydrogen) atoms. The number of nitrogens with zero attached hydrogens (tertiary/aromatic N) is 2. The van der Waals surface area contributed by atoms with Crippen molar-refractivity contribution in [2.75, 3.05) is 25.9 Å². The molecule has 0 radical (unpaired) electrons. The molecule has 3 N–H and O–H groups in total. The molecule has 106 valence electrons. The first kappa shape index (κ1) is 13.9. The monoisotopic (exact) mass is 278 g/mol. The first-order chi connectivity index (χ1) is 9.58. The van der Waals surface area contributed by atoms with Crippen LogP contribution in [0.1, 0.15) is 10.5 Å². The lowest BCUT2D eigenvalue weighted by atomic mass is 10.3. The average molecular weight is 278 g/mol. The van der Waals surface area contributed by atoms with Crippen LogP contribution in [0.5, 0.6) is 5.75 Å². The number of nitrogens with one attached hydrogen (secondary N) is 1. The molecule has 0 aliphatic heterocycles. The van der Waals surface area contributed by atoms with Crippen molar-refractivity contribution in [3.63, 3.8) is 0 Å². The molecule has 0 atom stereocenters. The number of rotatable bonds is 5. The largest absolute Gasteiger partial charge is 0.489 e. The third kappa shape index (κ3) is 3.25. The molecule has 6 nitrogen and oxygen atoms in total. The van der Waals surface area contributed by atoms with E-state index in [-0.39, 0.29) is 24.1 Å². The van der Waals surface area contributed by atoms with E-state index in [1.807, 2.05) is 0 Å². The fraction of sp³-hybridized carbons (Fsp3) is 0.231. The number of halogens is 1. The number of carbonyl (C=O) groups excluding carboxylic acids is 1. The van der Waals surface area contributed by atoms with Gasteiger partial charge in [0.15, 0.2) is 11.6 Å². The summed E-state index contributed by atoms with van der Waals surface area (Å²) in [4.78, 5) is 13.4. The van der Waals surface area contributed by atoms with Crippen molar-refractivity contribution < 1.29 is 13.9 Å². The minimum Gasteiger partial charge on any atom is -0.489 e. The molecule has 1 heterocycles. The van der Waals surface area contributed by atoms with E-state index in [1.54, 1.807) is 19.2 Å². The van der Waals surface area contributed by atoms with Crippen molar-refractivity contribution in [1.29, 1.82) is 0 Å². The van der Waals surface area contributed by atoms with Crippen LogP contribution in [0.3, 0.4) is 0 Å². The Labute approximate surface area is 115 Å². The van der Waals surface area contributed by atoms with Crippen LogP contribution in [0.2, 0.25) is 0 Å². The first-order valence-electron chi connectivity index (χ1n) is 6.01. The molecule has 0 spiro atoms. The van der Waals surface area contributed by atoms with Crippen molar-refractivity contribution in [2.45, 2.75) is 0 Å². The Balaban J connectivity index is 1.85. The van der Waals surface area contributed by atoms with Gasteiger partial charge in [-0.1, -0.05) is 12.1 Å². The summed E-state index contributed by atoms with van der Waals surface area (Å²) in [5.41, 5.74) is 5.73. The predicted octanol–water partition coefficient (Wildman–Crippen LogP) is 1.28. The van der Waals surface area contributed by atoms with Gasteiger partial charge in [0.25, 0.3) is 5.91 Å². The van der Waals surface area contributed by atoms with Gasteiger partial charge in [-0.2, -0.15) is 5.10 Å². The molecule has 0 fully saturated rings. The van der Waals surface area contributed by atoms with E-state index in [0.717, 1.165) is 0 Å². The predicted molar refractivity (Wildman–Crippen MR) is 71.9 cm³/mol. The zero-order chi connectivity index (χ0) is 14.5. The van der Waals surface area contributed by atoms with E-state index in [1.165, 1.54) is 23.1 Å². The van der Waals surface area contributed by atoms with Crippen LogP contribution in [-0.2, 0) is 0 Å². The quantitative estimate of drug-likeness (QED) is 0.863. The van der Waals surface area contributed by atoms with Gasteiger partial charge in [-0.3, -0.25) is 9.89 Å². The molecule has 2 rings (SSSR count). The topological polar surface area (TPSA) is 84.2 Å². The third-order valence-corrected chi connectivity index (χ3v) is 2.70. The van der Waals surface area contributed by atoms with Gasteiger partial charge < -0.3 is 15.4 Å². The van der Waals surface area contributed by atoms with Crippen LogP contribution in [0.25, 0.3) is 0 Å². The summed E-state index contributed by atoms with van der Waals surface area (Å²) < 4.78 is 18.6. The minimum atomic E-state index is -0.428. The van der Waals surface area contributed by atoms with E-state index >= 15 is 0 Å². The number of amides is 1. The minimum absolute atomic E-state index is 0.166. The molecule has 0 saturated carbocycles. The van der Waals surface area contributed by atoms with Gasteiger partial charge in [-0.25, -0.2) is 4.39 Å². The normalized spacial score (nSPS) is 10.3. The van der Waals surface area contributed by atoms with E-state index in [9.17, 15) is 9.18 Å². The molecule has 2 aromatic rings. The zero-order valence-electron chi connectivity index (χ0n) is 11.0. The lowest BCUT2D eigenvalue weighted by Gasteiger charge is -2.16. The van der Waals surface area contributed by atoms with Crippen LogP contribution in [0.4, 0.5) is 10.2 Å². The summed E-state index contributed by atoms with van der Waals surface area (Å²) in [6.07, 6.45) is 0. The van der Waals surface area contributed by atoms with Gasteiger partial charge in [-0.15, -0.1) is 0 Å².